The second kappa shape index (κ2) is 38.0. The van der Waals surface area contributed by atoms with E-state index in [9.17, 15) is 33.9 Å². The first-order valence-corrected chi connectivity index (χ1v) is 33.1. The molecule has 0 aliphatic carbocycles. The summed E-state index contributed by atoms with van der Waals surface area (Å²) in [6.45, 7) is 2.34. The number of alkyl carbamates (subject to hydrolysis) is 2. The maximum atomic E-state index is 13.5. The van der Waals surface area contributed by atoms with E-state index in [1.165, 1.54) is 50.2 Å². The minimum Gasteiger partial charge on any atom is -0.444 e. The van der Waals surface area contributed by atoms with Crippen molar-refractivity contribution in [3.8, 4) is 0 Å². The van der Waals surface area contributed by atoms with Crippen molar-refractivity contribution in [3.05, 3.63) is 210 Å². The molecule has 0 fully saturated rings. The predicted molar refractivity (Wildman–Crippen MR) is 351 cm³/mol. The maximum absolute atomic E-state index is 13.5. The van der Waals surface area contributed by atoms with Crippen LogP contribution in [0.1, 0.15) is 80.8 Å². The Labute approximate surface area is 541 Å². The van der Waals surface area contributed by atoms with Gasteiger partial charge >= 0.3 is 24.2 Å². The number of benzene rings is 4. The van der Waals surface area contributed by atoms with Gasteiger partial charge in [0.05, 0.1) is 51.5 Å². The molecule has 6 unspecified atom stereocenters. The van der Waals surface area contributed by atoms with Crippen molar-refractivity contribution in [3.63, 3.8) is 0 Å². The number of aliphatic hydroxyl groups is 1. The molecule has 0 aliphatic heterocycles. The number of urea groups is 2. The zero-order valence-electron chi connectivity index (χ0n) is 50.6. The Balaban J connectivity index is 0.000000256. The van der Waals surface area contributed by atoms with Crippen LogP contribution in [0.25, 0.3) is 0 Å². The molecule has 8 rings (SSSR count). The number of ether oxygens (including phenoxy) is 2. The fourth-order valence-corrected chi connectivity index (χ4v) is 11.8. The lowest BCUT2D eigenvalue weighted by molar-refractivity contribution is -0.125. The third kappa shape index (κ3) is 25.1. The van der Waals surface area contributed by atoms with Crippen molar-refractivity contribution in [2.45, 2.75) is 127 Å². The molecular formula is C65H78N12O9S4. The summed E-state index contributed by atoms with van der Waals surface area (Å²) in [5.41, 5.74) is 11.0. The van der Waals surface area contributed by atoms with Crippen molar-refractivity contribution in [2.75, 3.05) is 20.7 Å². The average molecular weight is 1300 g/mol. The van der Waals surface area contributed by atoms with Gasteiger partial charge in [-0.2, -0.15) is 0 Å². The topological polar surface area (TPSA) is 271 Å². The monoisotopic (exact) mass is 1300 g/mol. The van der Waals surface area contributed by atoms with E-state index < -0.39 is 42.8 Å². The Bertz CT molecular complexity index is 3100. The third-order valence-corrected chi connectivity index (χ3v) is 17.3. The molecule has 8 amide bonds. The summed E-state index contributed by atoms with van der Waals surface area (Å²) in [6, 6.07) is 35.8. The Morgan fingerprint density at radius 3 is 1.03 bits per heavy atom. The first-order chi connectivity index (χ1) is 43.8. The van der Waals surface area contributed by atoms with Gasteiger partial charge in [0.2, 0.25) is 11.8 Å². The van der Waals surface area contributed by atoms with Gasteiger partial charge in [0.1, 0.15) is 25.3 Å². The molecular weight excluding hydrogens is 1220 g/mol. The van der Waals surface area contributed by atoms with Gasteiger partial charge in [-0.3, -0.25) is 29.5 Å². The van der Waals surface area contributed by atoms with Gasteiger partial charge in [-0.05, 0) is 80.0 Å². The number of hydrogen-bond donors (Lipinski definition) is 7. The molecule has 21 nitrogen and oxygen atoms in total. The number of nitrogens with zero attached hydrogens (tertiary/aromatic N) is 6. The molecule has 476 valence electrons. The molecule has 90 heavy (non-hydrogen) atoms. The number of thiazole rings is 4. The van der Waals surface area contributed by atoms with E-state index in [0.29, 0.717) is 70.9 Å². The molecule has 0 radical (unpaired) electrons. The summed E-state index contributed by atoms with van der Waals surface area (Å²) >= 11 is 5.74. The molecule has 4 aromatic heterocycles. The molecule has 4 heterocycles. The van der Waals surface area contributed by atoms with Crippen molar-refractivity contribution in [1.82, 2.24) is 61.6 Å². The van der Waals surface area contributed by atoms with Crippen LogP contribution in [0, 0.1) is 0 Å². The van der Waals surface area contributed by atoms with Gasteiger partial charge in [-0.15, -0.1) is 45.3 Å². The van der Waals surface area contributed by atoms with Crippen molar-refractivity contribution < 1.29 is 43.3 Å². The lowest BCUT2D eigenvalue weighted by atomic mass is 9.95. The van der Waals surface area contributed by atoms with Gasteiger partial charge in [0.15, 0.2) is 0 Å². The number of aliphatic hydroxyl groups excluding tert-OH is 1. The van der Waals surface area contributed by atoms with Crippen molar-refractivity contribution in [2.24, 2.45) is 0 Å². The van der Waals surface area contributed by atoms with Gasteiger partial charge < -0.3 is 56.3 Å². The fraction of sp³-hybridized carbons (Fsp3) is 0.354. The van der Waals surface area contributed by atoms with E-state index in [4.69, 9.17) is 9.47 Å². The van der Waals surface area contributed by atoms with Crippen LogP contribution in [-0.4, -0.2) is 128 Å². The number of aromatic nitrogens is 4. The lowest BCUT2D eigenvalue weighted by Gasteiger charge is -2.26. The third-order valence-electron chi connectivity index (χ3n) is 14.3. The van der Waals surface area contributed by atoms with E-state index >= 15 is 0 Å². The number of carbonyl (C=O) groups is 6. The highest BCUT2D eigenvalue weighted by atomic mass is 32.1. The molecule has 0 saturated heterocycles. The van der Waals surface area contributed by atoms with E-state index in [0.717, 1.165) is 41.8 Å². The summed E-state index contributed by atoms with van der Waals surface area (Å²) in [5.74, 6) is -0.732. The molecule has 7 N–H and O–H groups in total. The molecule has 0 saturated carbocycles. The van der Waals surface area contributed by atoms with Crippen LogP contribution in [-0.2, 0) is 71.0 Å². The van der Waals surface area contributed by atoms with E-state index in [2.05, 4.69) is 51.8 Å². The maximum Gasteiger partial charge on any atom is 0.407 e. The first kappa shape index (κ1) is 68.9. The molecule has 8 aromatic rings. The van der Waals surface area contributed by atoms with Crippen molar-refractivity contribution >= 4 is 81.4 Å². The highest BCUT2D eigenvalue weighted by Gasteiger charge is 2.28. The van der Waals surface area contributed by atoms with Crippen LogP contribution in [0.2, 0.25) is 0 Å². The van der Waals surface area contributed by atoms with Gasteiger partial charge in [-0.25, -0.2) is 19.2 Å². The first-order valence-electron chi connectivity index (χ1n) is 29.6. The van der Waals surface area contributed by atoms with Gasteiger partial charge in [0.25, 0.3) is 0 Å². The number of nitrogens with one attached hydrogen (secondary N) is 6. The second-order valence-corrected chi connectivity index (χ2v) is 25.2. The molecule has 0 spiro atoms. The zero-order valence-corrected chi connectivity index (χ0v) is 53.8. The van der Waals surface area contributed by atoms with Gasteiger partial charge in [0, 0.05) is 72.8 Å². The minimum atomic E-state index is -1.14. The smallest absolute Gasteiger partial charge is 0.407 e. The molecule has 0 bridgehead atoms. The second-order valence-electron chi connectivity index (χ2n) is 21.3. The Morgan fingerprint density at radius 2 is 0.733 bits per heavy atom. The van der Waals surface area contributed by atoms with E-state index in [1.54, 1.807) is 65.8 Å². The minimum absolute atomic E-state index is 0.134. The largest absolute Gasteiger partial charge is 0.444 e. The van der Waals surface area contributed by atoms with E-state index in [-0.39, 0.29) is 49.3 Å². The van der Waals surface area contributed by atoms with Crippen LogP contribution in [0.5, 0.6) is 0 Å². The molecule has 25 heteroatoms. The van der Waals surface area contributed by atoms with Crippen LogP contribution >= 0.6 is 45.3 Å². The molecule has 6 atom stereocenters. The summed E-state index contributed by atoms with van der Waals surface area (Å²) in [7, 11) is 3.31. The normalized spacial score (nSPS) is 12.8. The predicted octanol–water partition coefficient (Wildman–Crippen LogP) is 9.71. The quantitative estimate of drug-likeness (QED) is 0.0207. The SMILES string of the molecule is CCC(NC(=O)N(C)Cc1cncs1)C(=O)NC(CCC(Cc1ccccc1)NC(=O)OCc1cncs1)Cc1ccccc1.CN(Cc1cncs1)C(=O)NC(CO)C(=O)NC(CCC(Cc1ccccc1)NC(=O)OCc1cncs1)Cc1ccccc1. The summed E-state index contributed by atoms with van der Waals surface area (Å²) in [4.78, 5) is 101. The molecule has 0 aliphatic rings. The highest BCUT2D eigenvalue weighted by molar-refractivity contribution is 7.10. The van der Waals surface area contributed by atoms with Crippen LogP contribution in [0.4, 0.5) is 19.2 Å². The standard InChI is InChI=1S/C33H40N6O4S2.C32H38N6O5S2/c1-3-30(38-32(41)39(2)20-28-18-34-22-44-28)31(40)36-26(16-24-10-6-4-7-11-24)14-15-27(17-25-12-8-5-9-13-25)37-33(42)43-21-29-19-35-23-45-29;1-38(18-27-16-33-21-44-27)31(41)37-29(19-39)30(40)35-25(14-23-8-4-2-5-9-23)12-13-26(15-24-10-6-3-7-11-24)36-32(42)43-20-28-17-34-22-45-28/h4-13,18-19,22-23,26-27,30H,3,14-17,20-21H2,1-2H3,(H,36,40)(H,37,42)(H,38,41);2-11,16-17,21-22,25-26,29,39H,12-15,18-20H2,1H3,(H,35,40)(H,36,42)(H,37,41). The summed E-state index contributed by atoms with van der Waals surface area (Å²) < 4.78 is 10.9. The molecule has 4 aromatic carbocycles. The number of rotatable bonds is 32. The van der Waals surface area contributed by atoms with Crippen LogP contribution in [0.3, 0.4) is 0 Å². The van der Waals surface area contributed by atoms with Crippen LogP contribution < -0.4 is 31.9 Å². The summed E-state index contributed by atoms with van der Waals surface area (Å²) in [6.07, 6.45) is 10.7. The average Bonchev–Trinajstić information content (AvgIpc) is 3.78. The summed E-state index contributed by atoms with van der Waals surface area (Å²) in [5, 5.41) is 27.8. The Kier molecular flexibility index (Phi) is 29.1. The van der Waals surface area contributed by atoms with Gasteiger partial charge in [-0.1, -0.05) is 128 Å². The Hall–Kier alpha value is -8.62. The van der Waals surface area contributed by atoms with E-state index in [1.807, 2.05) is 128 Å². The number of amides is 8. The van der Waals surface area contributed by atoms with Crippen molar-refractivity contribution in [1.29, 1.82) is 0 Å². The highest BCUT2D eigenvalue weighted by Crippen LogP contribution is 2.18. The fourth-order valence-electron chi connectivity index (χ4n) is 9.54. The number of hydrogen-bond acceptors (Lipinski definition) is 17. The van der Waals surface area contributed by atoms with Crippen LogP contribution in [0.15, 0.2) is 168 Å². The zero-order chi connectivity index (χ0) is 63.7. The lowest BCUT2D eigenvalue weighted by Crippen LogP contribution is -2.54. The number of carbonyl (C=O) groups excluding carboxylic acids is 6. The Morgan fingerprint density at radius 1 is 0.433 bits per heavy atom.